The van der Waals surface area contributed by atoms with Crippen molar-refractivity contribution in [2.45, 2.75) is 25.8 Å². The molecule has 1 N–H and O–H groups in total. The molecule has 1 aliphatic heterocycles. The summed E-state index contributed by atoms with van der Waals surface area (Å²) in [6.07, 6.45) is 7.19. The van der Waals surface area contributed by atoms with Crippen LogP contribution in [0.15, 0.2) is 34.3 Å². The monoisotopic (exact) mass is 344 g/mol. The van der Waals surface area contributed by atoms with E-state index in [9.17, 15) is 4.79 Å². The molecular formula is C17H20N4O2S. The minimum atomic E-state index is -0.163. The van der Waals surface area contributed by atoms with Crippen LogP contribution in [0.2, 0.25) is 0 Å². The number of aromatic nitrogens is 2. The van der Waals surface area contributed by atoms with Gasteiger partial charge < -0.3 is 9.73 Å². The summed E-state index contributed by atoms with van der Waals surface area (Å²) in [6, 6.07) is 3.66. The van der Waals surface area contributed by atoms with Crippen molar-refractivity contribution in [3.8, 4) is 0 Å². The van der Waals surface area contributed by atoms with Crippen LogP contribution in [0.25, 0.3) is 4.96 Å². The normalized spacial score (nSPS) is 15.3. The third-order valence-electron chi connectivity index (χ3n) is 4.27. The number of imidazole rings is 1. The van der Waals surface area contributed by atoms with E-state index in [0.717, 1.165) is 36.0 Å². The van der Waals surface area contributed by atoms with Gasteiger partial charge in [0.25, 0.3) is 5.91 Å². The first-order chi connectivity index (χ1) is 11.8. The number of furan rings is 1. The average Bonchev–Trinajstić information content (AvgIpc) is 3.31. The van der Waals surface area contributed by atoms with Gasteiger partial charge in [0.15, 0.2) is 10.7 Å². The van der Waals surface area contributed by atoms with Crippen molar-refractivity contribution in [3.63, 3.8) is 0 Å². The SMILES string of the molecule is O=C(NCCc1cn2ccsc2n1)c1ccc(CN2CCCC2)o1. The Hall–Kier alpha value is -2.12. The van der Waals surface area contributed by atoms with E-state index in [1.165, 1.54) is 12.8 Å². The summed E-state index contributed by atoms with van der Waals surface area (Å²) in [5.41, 5.74) is 0.983. The molecule has 0 bridgehead atoms. The van der Waals surface area contributed by atoms with Crippen molar-refractivity contribution in [2.75, 3.05) is 19.6 Å². The first-order valence-corrected chi connectivity index (χ1v) is 9.16. The Labute approximate surface area is 144 Å². The van der Waals surface area contributed by atoms with Gasteiger partial charge in [0, 0.05) is 30.7 Å². The Balaban J connectivity index is 1.28. The number of thiazole rings is 1. The summed E-state index contributed by atoms with van der Waals surface area (Å²) in [6.45, 7) is 3.57. The third-order valence-corrected chi connectivity index (χ3v) is 5.04. The molecule has 3 aromatic heterocycles. The molecule has 1 amide bonds. The number of likely N-dealkylation sites (tertiary alicyclic amines) is 1. The van der Waals surface area contributed by atoms with Gasteiger partial charge in [-0.2, -0.15) is 0 Å². The number of nitrogens with one attached hydrogen (secondary N) is 1. The molecule has 0 aromatic carbocycles. The highest BCUT2D eigenvalue weighted by Gasteiger charge is 2.16. The molecule has 24 heavy (non-hydrogen) atoms. The molecule has 126 valence electrons. The van der Waals surface area contributed by atoms with E-state index in [1.54, 1.807) is 17.4 Å². The molecule has 1 aliphatic rings. The van der Waals surface area contributed by atoms with Crippen molar-refractivity contribution < 1.29 is 9.21 Å². The van der Waals surface area contributed by atoms with E-state index < -0.39 is 0 Å². The van der Waals surface area contributed by atoms with E-state index in [2.05, 4.69) is 15.2 Å². The molecule has 7 heteroatoms. The lowest BCUT2D eigenvalue weighted by Crippen LogP contribution is -2.25. The fraction of sp³-hybridized carbons (Fsp3) is 0.412. The molecule has 6 nitrogen and oxygen atoms in total. The van der Waals surface area contributed by atoms with E-state index in [0.29, 0.717) is 18.7 Å². The molecule has 0 atom stereocenters. The Morgan fingerprint density at radius 1 is 1.33 bits per heavy atom. The van der Waals surface area contributed by atoms with Crippen LogP contribution < -0.4 is 5.32 Å². The van der Waals surface area contributed by atoms with Gasteiger partial charge in [-0.1, -0.05) is 0 Å². The Bertz CT molecular complexity index is 800. The fourth-order valence-corrected chi connectivity index (χ4v) is 3.75. The van der Waals surface area contributed by atoms with Crippen LogP contribution in [-0.2, 0) is 13.0 Å². The van der Waals surface area contributed by atoms with Crippen molar-refractivity contribution >= 4 is 22.2 Å². The Morgan fingerprint density at radius 3 is 3.04 bits per heavy atom. The molecule has 1 fully saturated rings. The van der Waals surface area contributed by atoms with Gasteiger partial charge in [-0.15, -0.1) is 11.3 Å². The molecule has 1 saturated heterocycles. The lowest BCUT2D eigenvalue weighted by molar-refractivity contribution is 0.0923. The molecule has 0 unspecified atom stereocenters. The molecule has 0 spiro atoms. The smallest absolute Gasteiger partial charge is 0.287 e. The summed E-state index contributed by atoms with van der Waals surface area (Å²) < 4.78 is 7.67. The average molecular weight is 344 g/mol. The Morgan fingerprint density at radius 2 is 2.21 bits per heavy atom. The van der Waals surface area contributed by atoms with Crippen molar-refractivity contribution in [1.82, 2.24) is 19.6 Å². The van der Waals surface area contributed by atoms with Crippen LogP contribution in [0.1, 0.15) is 34.9 Å². The van der Waals surface area contributed by atoms with E-state index in [4.69, 9.17) is 4.42 Å². The van der Waals surface area contributed by atoms with Crippen molar-refractivity contribution in [2.24, 2.45) is 0 Å². The van der Waals surface area contributed by atoms with Crippen molar-refractivity contribution in [1.29, 1.82) is 0 Å². The van der Waals surface area contributed by atoms with Gasteiger partial charge in [-0.05, 0) is 38.1 Å². The maximum atomic E-state index is 12.2. The second kappa shape index (κ2) is 6.78. The first kappa shape index (κ1) is 15.4. The molecule has 3 aromatic rings. The van der Waals surface area contributed by atoms with Gasteiger partial charge in [0.2, 0.25) is 0 Å². The summed E-state index contributed by atoms with van der Waals surface area (Å²) in [4.78, 5) is 20.0. The summed E-state index contributed by atoms with van der Waals surface area (Å²) >= 11 is 1.61. The second-order valence-electron chi connectivity index (χ2n) is 6.08. The highest BCUT2D eigenvalue weighted by Crippen LogP contribution is 2.15. The number of carbonyl (C=O) groups excluding carboxylic acids is 1. The largest absolute Gasteiger partial charge is 0.455 e. The van der Waals surface area contributed by atoms with Crippen LogP contribution >= 0.6 is 11.3 Å². The van der Waals surface area contributed by atoms with Gasteiger partial charge in [0.1, 0.15) is 5.76 Å². The summed E-state index contributed by atoms with van der Waals surface area (Å²) in [5, 5.41) is 4.90. The number of hydrogen-bond acceptors (Lipinski definition) is 5. The zero-order valence-corrected chi connectivity index (χ0v) is 14.2. The predicted octanol–water partition coefficient (Wildman–Crippen LogP) is 2.56. The van der Waals surface area contributed by atoms with Crippen LogP contribution in [-0.4, -0.2) is 39.8 Å². The zero-order valence-electron chi connectivity index (χ0n) is 13.4. The third kappa shape index (κ3) is 3.37. The van der Waals surface area contributed by atoms with Crippen molar-refractivity contribution in [3.05, 3.63) is 47.1 Å². The van der Waals surface area contributed by atoms with Crippen LogP contribution in [0.5, 0.6) is 0 Å². The number of nitrogens with zero attached hydrogens (tertiary/aromatic N) is 3. The second-order valence-corrected chi connectivity index (χ2v) is 6.95. The van der Waals surface area contributed by atoms with Gasteiger partial charge in [-0.3, -0.25) is 14.1 Å². The molecule has 4 heterocycles. The standard InChI is InChI=1S/C17H20N4O2S/c22-16(15-4-3-14(23-15)12-20-7-1-2-8-20)18-6-5-13-11-21-9-10-24-17(21)19-13/h3-4,9-11H,1-2,5-8,12H2,(H,18,22). The van der Waals surface area contributed by atoms with E-state index in [-0.39, 0.29) is 5.91 Å². The van der Waals surface area contributed by atoms with Gasteiger partial charge in [-0.25, -0.2) is 4.98 Å². The fourth-order valence-electron chi connectivity index (χ4n) is 3.03. The molecule has 0 saturated carbocycles. The van der Waals surface area contributed by atoms with E-state index >= 15 is 0 Å². The summed E-state index contributed by atoms with van der Waals surface area (Å²) in [5.74, 6) is 1.08. The quantitative estimate of drug-likeness (QED) is 0.746. The molecular weight excluding hydrogens is 324 g/mol. The number of carbonyl (C=O) groups is 1. The minimum Gasteiger partial charge on any atom is -0.455 e. The number of fused-ring (bicyclic) bond motifs is 1. The topological polar surface area (TPSA) is 62.8 Å². The first-order valence-electron chi connectivity index (χ1n) is 8.28. The molecule has 0 aliphatic carbocycles. The number of hydrogen-bond donors (Lipinski definition) is 1. The van der Waals surface area contributed by atoms with Gasteiger partial charge >= 0.3 is 0 Å². The van der Waals surface area contributed by atoms with Crippen LogP contribution in [0.4, 0.5) is 0 Å². The van der Waals surface area contributed by atoms with Crippen LogP contribution in [0, 0.1) is 0 Å². The minimum absolute atomic E-state index is 0.163. The number of amides is 1. The molecule has 0 radical (unpaired) electrons. The van der Waals surface area contributed by atoms with E-state index in [1.807, 2.05) is 28.2 Å². The lowest BCUT2D eigenvalue weighted by Gasteiger charge is -2.11. The number of rotatable bonds is 6. The maximum absolute atomic E-state index is 12.2. The van der Waals surface area contributed by atoms with Gasteiger partial charge in [0.05, 0.1) is 12.2 Å². The predicted molar refractivity (Wildman–Crippen MR) is 92.3 cm³/mol. The highest BCUT2D eigenvalue weighted by molar-refractivity contribution is 7.15. The zero-order chi connectivity index (χ0) is 16.4. The maximum Gasteiger partial charge on any atom is 0.287 e. The summed E-state index contributed by atoms with van der Waals surface area (Å²) in [7, 11) is 0. The Kier molecular flexibility index (Phi) is 4.36. The highest BCUT2D eigenvalue weighted by atomic mass is 32.1. The van der Waals surface area contributed by atoms with Crippen LogP contribution in [0.3, 0.4) is 0 Å². The molecule has 4 rings (SSSR count). The lowest BCUT2D eigenvalue weighted by atomic mass is 10.3.